The van der Waals surface area contributed by atoms with Gasteiger partial charge < -0.3 is 21.5 Å². The molecule has 0 spiro atoms. The third kappa shape index (κ3) is 10.1. The molecule has 38 heavy (non-hydrogen) atoms. The van der Waals surface area contributed by atoms with Crippen molar-refractivity contribution in [2.75, 3.05) is 27.2 Å². The molecule has 0 unspecified atom stereocenters. The van der Waals surface area contributed by atoms with Crippen molar-refractivity contribution in [2.24, 2.45) is 0 Å². The van der Waals surface area contributed by atoms with Crippen molar-refractivity contribution in [1.29, 1.82) is 0 Å². The van der Waals surface area contributed by atoms with E-state index in [0.717, 1.165) is 4.48 Å². The summed E-state index contributed by atoms with van der Waals surface area (Å²) in [7, 11) is 2.80. The van der Waals surface area contributed by atoms with Crippen LogP contribution in [0.2, 0.25) is 6.04 Å². The van der Waals surface area contributed by atoms with E-state index in [2.05, 4.69) is 112 Å². The summed E-state index contributed by atoms with van der Waals surface area (Å²) in [6.07, 6.45) is 15.4. The molecule has 0 N–H and O–H groups in total. The second-order valence-corrected chi connectivity index (χ2v) is 15.7. The summed E-state index contributed by atoms with van der Waals surface area (Å²) in [5, 5.41) is 4.60. The predicted molar refractivity (Wildman–Crippen MR) is 167 cm³/mol. The number of benzene rings is 3. The number of rotatable bonds is 18. The van der Waals surface area contributed by atoms with Gasteiger partial charge in [0.1, 0.15) is 8.07 Å². The molecule has 3 heteroatoms. The van der Waals surface area contributed by atoms with Crippen molar-refractivity contribution in [3.05, 3.63) is 91.0 Å². The molecule has 0 saturated carbocycles. The highest BCUT2D eigenvalue weighted by Gasteiger charge is 2.39. The van der Waals surface area contributed by atoms with E-state index in [1.165, 1.54) is 105 Å². The zero-order valence-corrected chi connectivity index (χ0v) is 27.0. The Balaban J connectivity index is 0.00000507. The molecule has 1 nitrogen and oxygen atoms in total. The average molecular weight is 595 g/mol. The van der Waals surface area contributed by atoms with Crippen LogP contribution in [0.1, 0.15) is 77.6 Å². The van der Waals surface area contributed by atoms with E-state index < -0.39 is 8.07 Å². The summed E-state index contributed by atoms with van der Waals surface area (Å²) in [4.78, 5) is 0. The van der Waals surface area contributed by atoms with Crippen LogP contribution in [-0.4, -0.2) is 39.7 Å². The van der Waals surface area contributed by atoms with Crippen molar-refractivity contribution < 1.29 is 21.5 Å². The van der Waals surface area contributed by atoms with Gasteiger partial charge in [0.2, 0.25) is 0 Å². The maximum Gasteiger partial charge on any atom is 0.148 e. The SMILES string of the molecule is CCCCCCCCCCCC[N+](C)(C)CCC[Si](c1ccccc1)(c1ccccc1)c1ccccc1.[Br-]. The van der Waals surface area contributed by atoms with Crippen LogP contribution in [0.15, 0.2) is 91.0 Å². The van der Waals surface area contributed by atoms with Gasteiger partial charge in [0.25, 0.3) is 0 Å². The highest BCUT2D eigenvalue weighted by atomic mass is 79.9. The fourth-order valence-corrected chi connectivity index (χ4v) is 10.9. The Morgan fingerprint density at radius 3 is 1.21 bits per heavy atom. The minimum Gasteiger partial charge on any atom is -1.00 e. The number of hydrogen-bond acceptors (Lipinski definition) is 0. The Morgan fingerprint density at radius 1 is 0.474 bits per heavy atom. The van der Waals surface area contributed by atoms with Gasteiger partial charge in [-0.05, 0) is 40.9 Å². The van der Waals surface area contributed by atoms with Crippen LogP contribution in [0, 0.1) is 0 Å². The first-order chi connectivity index (χ1) is 18.1. The van der Waals surface area contributed by atoms with Crippen LogP contribution >= 0.6 is 0 Å². The number of unbranched alkanes of at least 4 members (excludes halogenated alkanes) is 9. The Labute approximate surface area is 246 Å². The zero-order chi connectivity index (χ0) is 26.2. The minimum atomic E-state index is -2.10. The van der Waals surface area contributed by atoms with E-state index in [4.69, 9.17) is 0 Å². The lowest BCUT2D eigenvalue weighted by molar-refractivity contribution is -0.890. The first kappa shape index (κ1) is 32.5. The van der Waals surface area contributed by atoms with E-state index in [0.29, 0.717) is 0 Å². The van der Waals surface area contributed by atoms with Gasteiger partial charge in [-0.25, -0.2) is 0 Å². The van der Waals surface area contributed by atoms with E-state index >= 15 is 0 Å². The van der Waals surface area contributed by atoms with Crippen molar-refractivity contribution in [3.8, 4) is 0 Å². The Morgan fingerprint density at radius 2 is 0.816 bits per heavy atom. The largest absolute Gasteiger partial charge is 1.00 e. The molecule has 0 fully saturated rings. The fraction of sp³-hybridized carbons (Fsp3) is 0.486. The highest BCUT2D eigenvalue weighted by molar-refractivity contribution is 7.11. The zero-order valence-electron chi connectivity index (χ0n) is 24.4. The monoisotopic (exact) mass is 593 g/mol. The molecule has 0 saturated heterocycles. The molecule has 3 rings (SSSR count). The molecule has 3 aromatic carbocycles. The van der Waals surface area contributed by atoms with Gasteiger partial charge in [-0.3, -0.25) is 0 Å². The van der Waals surface area contributed by atoms with Gasteiger partial charge in [0.05, 0.1) is 27.2 Å². The van der Waals surface area contributed by atoms with Crippen LogP contribution in [0.4, 0.5) is 0 Å². The third-order valence-corrected chi connectivity index (χ3v) is 13.3. The first-order valence-electron chi connectivity index (χ1n) is 15.1. The molecular formula is C35H52BrNSi. The van der Waals surface area contributed by atoms with Gasteiger partial charge in [-0.1, -0.05) is 149 Å². The molecule has 208 valence electrons. The van der Waals surface area contributed by atoms with Crippen LogP contribution in [0.5, 0.6) is 0 Å². The minimum absolute atomic E-state index is 0. The van der Waals surface area contributed by atoms with Crippen LogP contribution in [-0.2, 0) is 0 Å². The molecular weight excluding hydrogens is 542 g/mol. The Bertz CT molecular complexity index is 878. The summed E-state index contributed by atoms with van der Waals surface area (Å²) in [6.45, 7) is 4.85. The van der Waals surface area contributed by atoms with Gasteiger partial charge in [-0.15, -0.1) is 0 Å². The summed E-state index contributed by atoms with van der Waals surface area (Å²) >= 11 is 0. The summed E-state index contributed by atoms with van der Waals surface area (Å²) < 4.78 is 1.14. The number of nitrogens with zero attached hydrogens (tertiary/aromatic N) is 1. The number of hydrogen-bond donors (Lipinski definition) is 0. The van der Waals surface area contributed by atoms with E-state index in [1.54, 1.807) is 0 Å². The summed E-state index contributed by atoms with van der Waals surface area (Å²) in [5.41, 5.74) is 0. The topological polar surface area (TPSA) is 0 Å². The molecule has 0 aliphatic heterocycles. The smallest absolute Gasteiger partial charge is 0.148 e. The van der Waals surface area contributed by atoms with Crippen molar-refractivity contribution in [3.63, 3.8) is 0 Å². The number of halogens is 1. The Hall–Kier alpha value is -1.68. The molecule has 3 aromatic rings. The summed E-state index contributed by atoms with van der Waals surface area (Å²) in [5.74, 6) is 0. The molecule has 0 aliphatic carbocycles. The molecule has 0 heterocycles. The highest BCUT2D eigenvalue weighted by Crippen LogP contribution is 2.18. The fourth-order valence-electron chi connectivity index (χ4n) is 6.01. The lowest BCUT2D eigenvalue weighted by atomic mass is 10.1. The standard InChI is InChI=1S/C35H52NSi.BrH/c1-4-5-6-7-8-9-10-11-12-22-30-36(2,3)31-23-32-37(33-24-16-13-17-25-33,34-26-18-14-19-27-34)35-28-20-15-21-29-35;/h13-21,24-29H,4-12,22-23,30-32H2,1-3H3;1H/q+1;/p-1. The van der Waals surface area contributed by atoms with Crippen LogP contribution in [0.3, 0.4) is 0 Å². The normalized spacial score (nSPS) is 11.8. The predicted octanol–water partition coefficient (Wildman–Crippen LogP) is 4.55. The molecule has 0 aliphatic rings. The maximum absolute atomic E-state index is 2.45. The Kier molecular flexibility index (Phi) is 15.3. The molecule has 0 atom stereocenters. The van der Waals surface area contributed by atoms with E-state index in [1.807, 2.05) is 0 Å². The van der Waals surface area contributed by atoms with Gasteiger partial charge in [0, 0.05) is 0 Å². The van der Waals surface area contributed by atoms with Gasteiger partial charge in [-0.2, -0.15) is 0 Å². The summed E-state index contributed by atoms with van der Waals surface area (Å²) in [6, 6.07) is 35.4. The van der Waals surface area contributed by atoms with E-state index in [9.17, 15) is 0 Å². The van der Waals surface area contributed by atoms with Crippen molar-refractivity contribution in [2.45, 2.75) is 83.6 Å². The third-order valence-electron chi connectivity index (χ3n) is 8.23. The second-order valence-electron chi connectivity index (χ2n) is 11.7. The van der Waals surface area contributed by atoms with Gasteiger partial charge in [0.15, 0.2) is 0 Å². The lowest BCUT2D eigenvalue weighted by Crippen LogP contribution is -3.00. The molecule has 0 bridgehead atoms. The molecule has 0 amide bonds. The van der Waals surface area contributed by atoms with Crippen LogP contribution < -0.4 is 32.5 Å². The van der Waals surface area contributed by atoms with Crippen molar-refractivity contribution in [1.82, 2.24) is 0 Å². The molecule has 0 radical (unpaired) electrons. The van der Waals surface area contributed by atoms with Gasteiger partial charge >= 0.3 is 0 Å². The number of quaternary nitrogens is 1. The van der Waals surface area contributed by atoms with Crippen molar-refractivity contribution >= 4 is 23.6 Å². The average Bonchev–Trinajstić information content (AvgIpc) is 2.94. The second kappa shape index (κ2) is 17.8. The maximum atomic E-state index is 2.45. The lowest BCUT2D eigenvalue weighted by Gasteiger charge is -2.36. The molecule has 0 aromatic heterocycles. The first-order valence-corrected chi connectivity index (χ1v) is 17.3. The quantitative estimate of drug-likeness (QED) is 0.0878. The van der Waals surface area contributed by atoms with E-state index in [-0.39, 0.29) is 17.0 Å². The van der Waals surface area contributed by atoms with Crippen LogP contribution in [0.25, 0.3) is 0 Å².